The lowest BCUT2D eigenvalue weighted by molar-refractivity contribution is 0.0977. The van der Waals surface area contributed by atoms with E-state index in [9.17, 15) is 4.79 Å². The standard InChI is InChI=1S/C22H18BrClN2O2S/c23-19-13-16(9-10-20(19)28-12-11-15-5-2-1-3-6-15)21(27)26-22(29)25-18-8-4-7-17(24)14-18/h1-10,13-14H,11-12H2,(H2,25,26,27,29). The Labute approximate surface area is 188 Å². The predicted molar refractivity (Wildman–Crippen MR) is 125 cm³/mol. The van der Waals surface area contributed by atoms with Crippen LogP contribution in [0.2, 0.25) is 5.02 Å². The van der Waals surface area contributed by atoms with Gasteiger partial charge in [-0.2, -0.15) is 0 Å². The summed E-state index contributed by atoms with van der Waals surface area (Å²) in [5.74, 6) is 0.359. The zero-order valence-corrected chi connectivity index (χ0v) is 18.5. The van der Waals surface area contributed by atoms with Crippen LogP contribution in [-0.4, -0.2) is 17.6 Å². The van der Waals surface area contributed by atoms with Gasteiger partial charge in [-0.05, 0) is 70.1 Å². The molecule has 0 aliphatic carbocycles. The van der Waals surface area contributed by atoms with Crippen molar-refractivity contribution in [1.82, 2.24) is 5.32 Å². The normalized spacial score (nSPS) is 10.3. The lowest BCUT2D eigenvalue weighted by Crippen LogP contribution is -2.34. The van der Waals surface area contributed by atoms with Gasteiger partial charge in [0.05, 0.1) is 11.1 Å². The molecule has 0 fully saturated rings. The average Bonchev–Trinajstić information content (AvgIpc) is 2.70. The molecule has 0 unspecified atom stereocenters. The Hall–Kier alpha value is -2.41. The monoisotopic (exact) mass is 488 g/mol. The van der Waals surface area contributed by atoms with E-state index in [0.29, 0.717) is 33.1 Å². The van der Waals surface area contributed by atoms with Crippen LogP contribution >= 0.6 is 39.7 Å². The van der Waals surface area contributed by atoms with Crippen LogP contribution < -0.4 is 15.4 Å². The van der Waals surface area contributed by atoms with Crippen molar-refractivity contribution < 1.29 is 9.53 Å². The molecule has 29 heavy (non-hydrogen) atoms. The van der Waals surface area contributed by atoms with Crippen molar-refractivity contribution in [3.05, 3.63) is 93.4 Å². The predicted octanol–water partition coefficient (Wildman–Crippen LogP) is 5.85. The molecule has 4 nitrogen and oxygen atoms in total. The molecule has 3 aromatic carbocycles. The Morgan fingerprint density at radius 2 is 1.83 bits per heavy atom. The molecule has 0 spiro atoms. The molecule has 0 aliphatic rings. The Morgan fingerprint density at radius 1 is 1.03 bits per heavy atom. The highest BCUT2D eigenvalue weighted by Crippen LogP contribution is 2.26. The second-order valence-electron chi connectivity index (χ2n) is 6.15. The average molecular weight is 490 g/mol. The van der Waals surface area contributed by atoms with E-state index in [1.54, 1.807) is 36.4 Å². The first-order chi connectivity index (χ1) is 14.0. The molecular formula is C22H18BrClN2O2S. The number of nitrogens with one attached hydrogen (secondary N) is 2. The maximum absolute atomic E-state index is 12.4. The highest BCUT2D eigenvalue weighted by Gasteiger charge is 2.11. The minimum absolute atomic E-state index is 0.191. The van der Waals surface area contributed by atoms with Crippen LogP contribution in [0.5, 0.6) is 5.75 Å². The van der Waals surface area contributed by atoms with E-state index < -0.39 is 0 Å². The molecular weight excluding hydrogens is 472 g/mol. The summed E-state index contributed by atoms with van der Waals surface area (Å²) in [5.41, 5.74) is 2.37. The van der Waals surface area contributed by atoms with Crippen LogP contribution in [0.25, 0.3) is 0 Å². The Kier molecular flexibility index (Phi) is 7.63. The highest BCUT2D eigenvalue weighted by atomic mass is 79.9. The second-order valence-corrected chi connectivity index (χ2v) is 7.85. The number of hydrogen-bond donors (Lipinski definition) is 2. The number of hydrogen-bond acceptors (Lipinski definition) is 3. The number of halogens is 2. The van der Waals surface area contributed by atoms with Gasteiger partial charge in [0.25, 0.3) is 5.91 Å². The third kappa shape index (κ3) is 6.56. The van der Waals surface area contributed by atoms with Crippen LogP contribution in [0.15, 0.2) is 77.3 Å². The van der Waals surface area contributed by atoms with Crippen molar-refractivity contribution in [3.8, 4) is 5.75 Å². The van der Waals surface area contributed by atoms with Gasteiger partial charge in [0, 0.05) is 22.7 Å². The lowest BCUT2D eigenvalue weighted by Gasteiger charge is -2.12. The van der Waals surface area contributed by atoms with Crippen molar-refractivity contribution in [2.75, 3.05) is 11.9 Å². The van der Waals surface area contributed by atoms with Gasteiger partial charge in [0.15, 0.2) is 5.11 Å². The van der Waals surface area contributed by atoms with Crippen molar-refractivity contribution in [2.45, 2.75) is 6.42 Å². The summed E-state index contributed by atoms with van der Waals surface area (Å²) in [7, 11) is 0. The zero-order chi connectivity index (χ0) is 20.6. The number of amides is 1. The summed E-state index contributed by atoms with van der Waals surface area (Å²) in [6.07, 6.45) is 0.805. The van der Waals surface area contributed by atoms with Crippen LogP contribution in [0.4, 0.5) is 5.69 Å². The molecule has 3 rings (SSSR count). The molecule has 0 bridgehead atoms. The van der Waals surface area contributed by atoms with Gasteiger partial charge in [-0.3, -0.25) is 10.1 Å². The third-order valence-corrected chi connectivity index (χ3v) is 5.05. The first-order valence-corrected chi connectivity index (χ1v) is 10.4. The van der Waals surface area contributed by atoms with Gasteiger partial charge in [-0.25, -0.2) is 0 Å². The summed E-state index contributed by atoms with van der Waals surface area (Å²) < 4.78 is 6.52. The number of benzene rings is 3. The van der Waals surface area contributed by atoms with Crippen LogP contribution in [0.3, 0.4) is 0 Å². The van der Waals surface area contributed by atoms with Gasteiger partial charge >= 0.3 is 0 Å². The quantitative estimate of drug-likeness (QED) is 0.426. The first kappa shape index (κ1) is 21.3. The Morgan fingerprint density at radius 3 is 2.55 bits per heavy atom. The van der Waals surface area contributed by atoms with E-state index in [0.717, 1.165) is 6.42 Å². The van der Waals surface area contributed by atoms with Gasteiger partial charge in [-0.15, -0.1) is 0 Å². The molecule has 0 heterocycles. The maximum atomic E-state index is 12.4. The molecule has 3 aromatic rings. The number of anilines is 1. The summed E-state index contributed by atoms with van der Waals surface area (Å²) in [6, 6.07) is 22.4. The molecule has 0 radical (unpaired) electrons. The number of rotatable bonds is 6. The van der Waals surface area contributed by atoms with E-state index in [1.807, 2.05) is 24.3 Å². The topological polar surface area (TPSA) is 50.4 Å². The summed E-state index contributed by atoms with van der Waals surface area (Å²) in [6.45, 7) is 0.543. The van der Waals surface area contributed by atoms with Gasteiger partial charge in [0.2, 0.25) is 0 Å². The molecule has 1 amide bonds. The number of carbonyl (C=O) groups excluding carboxylic acids is 1. The second kappa shape index (κ2) is 10.4. The van der Waals surface area contributed by atoms with E-state index in [4.69, 9.17) is 28.6 Å². The van der Waals surface area contributed by atoms with E-state index in [2.05, 4.69) is 38.7 Å². The van der Waals surface area contributed by atoms with Gasteiger partial charge in [0.1, 0.15) is 5.75 Å². The zero-order valence-electron chi connectivity index (χ0n) is 15.3. The van der Waals surface area contributed by atoms with Crippen molar-refractivity contribution in [2.24, 2.45) is 0 Å². The Balaban J connectivity index is 1.54. The molecule has 148 valence electrons. The Bertz CT molecular complexity index is 1010. The van der Waals surface area contributed by atoms with E-state index in [-0.39, 0.29) is 11.0 Å². The molecule has 7 heteroatoms. The third-order valence-electron chi connectivity index (χ3n) is 3.99. The van der Waals surface area contributed by atoms with Crippen LogP contribution in [0.1, 0.15) is 15.9 Å². The molecule has 2 N–H and O–H groups in total. The van der Waals surface area contributed by atoms with Crippen molar-refractivity contribution in [1.29, 1.82) is 0 Å². The first-order valence-electron chi connectivity index (χ1n) is 8.85. The number of ether oxygens (including phenoxy) is 1. The summed E-state index contributed by atoms with van der Waals surface area (Å²) >= 11 is 14.6. The molecule has 0 aliphatic heterocycles. The fraction of sp³-hybridized carbons (Fsp3) is 0.0909. The number of thiocarbonyl (C=S) groups is 1. The maximum Gasteiger partial charge on any atom is 0.257 e. The minimum Gasteiger partial charge on any atom is -0.492 e. The fourth-order valence-corrected chi connectivity index (χ4v) is 3.48. The van der Waals surface area contributed by atoms with Gasteiger partial charge in [-0.1, -0.05) is 48.0 Å². The van der Waals surface area contributed by atoms with Crippen LogP contribution in [0, 0.1) is 0 Å². The van der Waals surface area contributed by atoms with Crippen LogP contribution in [-0.2, 0) is 6.42 Å². The summed E-state index contributed by atoms with van der Waals surface area (Å²) in [5, 5.41) is 6.35. The van der Waals surface area contributed by atoms with E-state index >= 15 is 0 Å². The smallest absolute Gasteiger partial charge is 0.257 e. The van der Waals surface area contributed by atoms with Crippen molar-refractivity contribution >= 4 is 56.5 Å². The highest BCUT2D eigenvalue weighted by molar-refractivity contribution is 9.10. The van der Waals surface area contributed by atoms with E-state index in [1.165, 1.54) is 5.56 Å². The number of carbonyl (C=O) groups is 1. The molecule has 0 saturated carbocycles. The molecule has 0 atom stereocenters. The SMILES string of the molecule is O=C(NC(=S)Nc1cccc(Cl)c1)c1ccc(OCCc2ccccc2)c(Br)c1. The molecule has 0 saturated heterocycles. The summed E-state index contributed by atoms with van der Waals surface area (Å²) in [4.78, 5) is 12.4. The van der Waals surface area contributed by atoms with Gasteiger partial charge < -0.3 is 10.1 Å². The van der Waals surface area contributed by atoms with Crippen molar-refractivity contribution in [3.63, 3.8) is 0 Å². The minimum atomic E-state index is -0.318. The largest absolute Gasteiger partial charge is 0.492 e. The molecule has 0 aromatic heterocycles. The fourth-order valence-electron chi connectivity index (χ4n) is 2.59. The lowest BCUT2D eigenvalue weighted by atomic mass is 10.2.